The van der Waals surface area contributed by atoms with Crippen molar-refractivity contribution in [1.82, 2.24) is 5.32 Å². The van der Waals surface area contributed by atoms with Crippen molar-refractivity contribution in [1.29, 1.82) is 0 Å². The smallest absolute Gasteiger partial charge is 0.306 e. The summed E-state index contributed by atoms with van der Waals surface area (Å²) in [6, 6.07) is -0.701. The fourth-order valence-electron chi connectivity index (χ4n) is 9.29. The third kappa shape index (κ3) is 48.8. The third-order valence-corrected chi connectivity index (χ3v) is 13.8. The molecule has 0 bridgehead atoms. The van der Waals surface area contributed by atoms with Crippen molar-refractivity contribution in [3.63, 3.8) is 0 Å². The van der Waals surface area contributed by atoms with E-state index < -0.39 is 18.2 Å². The SMILES string of the molecule is CCCCC/C=C\C/C=C\CCCCCCCCCC(CC(=O)NC(CO)C(O)CCCCCCCCCCCCCCCCCC)OC(=O)CCCCCCCCCCCCCCCC. The summed E-state index contributed by atoms with van der Waals surface area (Å²) < 4.78 is 5.97. The Bertz CT molecular complexity index is 1040. The molecule has 0 fully saturated rings. The molecule has 0 spiro atoms. The number of unbranched alkanes of at least 4 members (excludes halogenated alkanes) is 38. The number of aliphatic hydroxyl groups excluding tert-OH is 2. The van der Waals surface area contributed by atoms with E-state index in [1.54, 1.807) is 0 Å². The van der Waals surface area contributed by atoms with Crippen LogP contribution in [0.4, 0.5) is 0 Å². The van der Waals surface area contributed by atoms with Crippen LogP contribution in [0.2, 0.25) is 0 Å². The molecule has 0 aromatic rings. The standard InChI is InChI=1S/C60H115NO5/c1-4-7-10-13-16-19-22-25-28-30-31-33-36-39-42-45-48-51-56(66-60(65)53-50-47-44-41-38-35-27-24-21-18-15-12-9-6-3)54-59(64)61-57(55-62)58(63)52-49-46-43-40-37-34-32-29-26-23-20-17-14-11-8-5-2/h16,19,25,28,56-58,62-63H,4-15,17-18,20-24,26-27,29-55H2,1-3H3,(H,61,64)/b19-16-,28-25-. The number of allylic oxidation sites excluding steroid dienone is 4. The van der Waals surface area contributed by atoms with E-state index in [0.717, 1.165) is 64.2 Å². The maximum atomic E-state index is 13.3. The van der Waals surface area contributed by atoms with Gasteiger partial charge in [0.25, 0.3) is 0 Å². The molecule has 3 N–H and O–H groups in total. The van der Waals surface area contributed by atoms with Gasteiger partial charge in [0, 0.05) is 6.42 Å². The number of carbonyl (C=O) groups is 2. The molecule has 390 valence electrons. The van der Waals surface area contributed by atoms with Crippen molar-refractivity contribution in [2.24, 2.45) is 0 Å². The second-order valence-electron chi connectivity index (χ2n) is 20.4. The molecule has 1 amide bonds. The Hall–Kier alpha value is -1.66. The summed E-state index contributed by atoms with van der Waals surface area (Å²) in [5.41, 5.74) is 0. The van der Waals surface area contributed by atoms with Gasteiger partial charge in [-0.15, -0.1) is 0 Å². The Morgan fingerprint density at radius 2 is 0.773 bits per heavy atom. The van der Waals surface area contributed by atoms with E-state index in [-0.39, 0.29) is 24.9 Å². The highest BCUT2D eigenvalue weighted by atomic mass is 16.5. The number of rotatable bonds is 54. The number of aliphatic hydroxyl groups is 2. The zero-order valence-electron chi connectivity index (χ0n) is 44.6. The molecule has 0 aromatic heterocycles. The molecule has 66 heavy (non-hydrogen) atoms. The zero-order chi connectivity index (χ0) is 48.1. The highest BCUT2D eigenvalue weighted by Crippen LogP contribution is 2.19. The highest BCUT2D eigenvalue weighted by Gasteiger charge is 2.24. The molecule has 0 radical (unpaired) electrons. The Morgan fingerprint density at radius 1 is 0.439 bits per heavy atom. The lowest BCUT2D eigenvalue weighted by Crippen LogP contribution is -2.46. The maximum absolute atomic E-state index is 13.3. The molecule has 0 aliphatic rings. The maximum Gasteiger partial charge on any atom is 0.306 e. The number of nitrogens with one attached hydrogen (secondary N) is 1. The molecule has 0 aromatic carbocycles. The minimum absolute atomic E-state index is 0.0783. The van der Waals surface area contributed by atoms with Gasteiger partial charge in [0.15, 0.2) is 0 Å². The van der Waals surface area contributed by atoms with Gasteiger partial charge in [0.2, 0.25) is 5.91 Å². The van der Waals surface area contributed by atoms with Gasteiger partial charge < -0.3 is 20.3 Å². The normalized spacial score (nSPS) is 13.2. The summed E-state index contributed by atoms with van der Waals surface area (Å²) >= 11 is 0. The quantitative estimate of drug-likeness (QED) is 0.0321. The molecular formula is C60H115NO5. The van der Waals surface area contributed by atoms with Crippen molar-refractivity contribution >= 4 is 11.9 Å². The molecule has 0 heterocycles. The molecule has 0 saturated heterocycles. The van der Waals surface area contributed by atoms with Gasteiger partial charge >= 0.3 is 5.97 Å². The molecule has 0 aliphatic carbocycles. The van der Waals surface area contributed by atoms with E-state index in [1.807, 2.05) is 0 Å². The topological polar surface area (TPSA) is 95.9 Å². The first-order valence-corrected chi connectivity index (χ1v) is 29.6. The van der Waals surface area contributed by atoms with Gasteiger partial charge in [-0.25, -0.2) is 0 Å². The van der Waals surface area contributed by atoms with Gasteiger partial charge in [-0.05, 0) is 57.8 Å². The predicted molar refractivity (Wildman–Crippen MR) is 287 cm³/mol. The number of carbonyl (C=O) groups excluding carboxylic acids is 2. The number of ether oxygens (including phenoxy) is 1. The largest absolute Gasteiger partial charge is 0.462 e. The van der Waals surface area contributed by atoms with E-state index in [4.69, 9.17) is 4.74 Å². The average Bonchev–Trinajstić information content (AvgIpc) is 3.31. The monoisotopic (exact) mass is 930 g/mol. The van der Waals surface area contributed by atoms with E-state index in [2.05, 4.69) is 50.4 Å². The molecule has 6 nitrogen and oxygen atoms in total. The van der Waals surface area contributed by atoms with Gasteiger partial charge in [0.1, 0.15) is 6.10 Å². The van der Waals surface area contributed by atoms with Gasteiger partial charge in [-0.1, -0.05) is 276 Å². The highest BCUT2D eigenvalue weighted by molar-refractivity contribution is 5.77. The van der Waals surface area contributed by atoms with Crippen LogP contribution in [0, 0.1) is 0 Å². The van der Waals surface area contributed by atoms with Crippen LogP contribution in [0.5, 0.6) is 0 Å². The van der Waals surface area contributed by atoms with Crippen LogP contribution in [0.25, 0.3) is 0 Å². The van der Waals surface area contributed by atoms with Crippen LogP contribution >= 0.6 is 0 Å². The lowest BCUT2D eigenvalue weighted by atomic mass is 10.0. The van der Waals surface area contributed by atoms with Crippen LogP contribution in [0.1, 0.15) is 323 Å². The summed E-state index contributed by atoms with van der Waals surface area (Å²) in [6.07, 6.45) is 63.8. The van der Waals surface area contributed by atoms with Gasteiger partial charge in [-0.2, -0.15) is 0 Å². The summed E-state index contributed by atoms with van der Waals surface area (Å²) in [5.74, 6) is -0.461. The number of amides is 1. The van der Waals surface area contributed by atoms with Crippen LogP contribution < -0.4 is 5.32 Å². The first-order chi connectivity index (χ1) is 32.5. The fraction of sp³-hybridized carbons (Fsp3) is 0.900. The predicted octanol–water partition coefficient (Wildman–Crippen LogP) is 18.2. The second-order valence-corrected chi connectivity index (χ2v) is 20.4. The van der Waals surface area contributed by atoms with Crippen LogP contribution in [-0.2, 0) is 14.3 Å². The van der Waals surface area contributed by atoms with E-state index in [0.29, 0.717) is 19.3 Å². The minimum Gasteiger partial charge on any atom is -0.462 e. The van der Waals surface area contributed by atoms with E-state index in [1.165, 1.54) is 212 Å². The Labute approximate surface area is 411 Å². The Morgan fingerprint density at radius 3 is 1.18 bits per heavy atom. The summed E-state index contributed by atoms with van der Waals surface area (Å²) in [6.45, 7) is 6.50. The van der Waals surface area contributed by atoms with Crippen molar-refractivity contribution in [3.05, 3.63) is 24.3 Å². The second kappa shape index (κ2) is 54.3. The van der Waals surface area contributed by atoms with Crippen molar-refractivity contribution in [3.8, 4) is 0 Å². The third-order valence-electron chi connectivity index (χ3n) is 13.8. The van der Waals surface area contributed by atoms with Crippen LogP contribution in [0.3, 0.4) is 0 Å². The number of hydrogen-bond acceptors (Lipinski definition) is 5. The molecule has 3 atom stereocenters. The molecular weight excluding hydrogens is 815 g/mol. The number of hydrogen-bond donors (Lipinski definition) is 3. The van der Waals surface area contributed by atoms with Crippen LogP contribution in [0.15, 0.2) is 24.3 Å². The lowest BCUT2D eigenvalue weighted by Gasteiger charge is -2.24. The fourth-order valence-corrected chi connectivity index (χ4v) is 9.29. The summed E-state index contributed by atoms with van der Waals surface area (Å²) in [5, 5.41) is 23.9. The first kappa shape index (κ1) is 64.3. The molecule has 6 heteroatoms. The zero-order valence-corrected chi connectivity index (χ0v) is 44.6. The van der Waals surface area contributed by atoms with Crippen molar-refractivity contribution in [2.45, 2.75) is 341 Å². The number of esters is 1. The first-order valence-electron chi connectivity index (χ1n) is 29.6. The molecule has 0 aliphatic heterocycles. The Balaban J connectivity index is 4.52. The van der Waals surface area contributed by atoms with Crippen molar-refractivity contribution in [2.75, 3.05) is 6.61 Å². The summed E-state index contributed by atoms with van der Waals surface area (Å²) in [4.78, 5) is 26.3. The minimum atomic E-state index is -0.787. The van der Waals surface area contributed by atoms with Gasteiger partial charge in [-0.3, -0.25) is 9.59 Å². The average molecular weight is 931 g/mol. The van der Waals surface area contributed by atoms with E-state index in [9.17, 15) is 19.8 Å². The molecule has 3 unspecified atom stereocenters. The van der Waals surface area contributed by atoms with Gasteiger partial charge in [0.05, 0.1) is 25.2 Å². The Kier molecular flexibility index (Phi) is 52.9. The van der Waals surface area contributed by atoms with Crippen molar-refractivity contribution < 1.29 is 24.5 Å². The molecule has 0 saturated carbocycles. The summed E-state index contributed by atoms with van der Waals surface area (Å²) in [7, 11) is 0. The van der Waals surface area contributed by atoms with E-state index >= 15 is 0 Å². The van der Waals surface area contributed by atoms with Crippen LogP contribution in [-0.4, -0.2) is 46.9 Å². The lowest BCUT2D eigenvalue weighted by molar-refractivity contribution is -0.151. The molecule has 0 rings (SSSR count).